The van der Waals surface area contributed by atoms with Crippen molar-refractivity contribution >= 4 is 17.5 Å². The van der Waals surface area contributed by atoms with Crippen molar-refractivity contribution in [3.8, 4) is 0 Å². The molecule has 5 heteroatoms. The Kier molecular flexibility index (Phi) is 4.79. The van der Waals surface area contributed by atoms with Gasteiger partial charge in [-0.3, -0.25) is 4.79 Å². The Morgan fingerprint density at radius 2 is 1.83 bits per heavy atom. The number of piperidine rings is 1. The first-order valence-corrected chi connectivity index (χ1v) is 8.48. The molecule has 0 radical (unpaired) electrons. The molecule has 0 N–H and O–H groups in total. The minimum atomic E-state index is 0.00936. The van der Waals surface area contributed by atoms with E-state index in [2.05, 4.69) is 16.9 Å². The van der Waals surface area contributed by atoms with Gasteiger partial charge in [0.05, 0.1) is 0 Å². The number of hydrogen-bond acceptors (Lipinski definition) is 4. The molecule has 0 bridgehead atoms. The molecule has 0 spiro atoms. The summed E-state index contributed by atoms with van der Waals surface area (Å²) < 4.78 is 0. The van der Waals surface area contributed by atoms with Crippen molar-refractivity contribution in [3.05, 3.63) is 47.8 Å². The van der Waals surface area contributed by atoms with E-state index in [0.29, 0.717) is 17.6 Å². The summed E-state index contributed by atoms with van der Waals surface area (Å²) in [5, 5.41) is 0. The number of benzene rings is 1. The lowest BCUT2D eigenvalue weighted by molar-refractivity contribution is 0.0691. The van der Waals surface area contributed by atoms with Crippen LogP contribution in [0.4, 0.5) is 11.6 Å². The average molecular weight is 324 g/mol. The van der Waals surface area contributed by atoms with Gasteiger partial charge in [0.2, 0.25) is 5.95 Å². The average Bonchev–Trinajstić information content (AvgIpc) is 2.61. The van der Waals surface area contributed by atoms with Crippen LogP contribution in [-0.2, 0) is 0 Å². The molecular weight excluding hydrogens is 300 g/mol. The predicted molar refractivity (Wildman–Crippen MR) is 95.6 cm³/mol. The van der Waals surface area contributed by atoms with E-state index in [1.54, 1.807) is 6.07 Å². The van der Waals surface area contributed by atoms with Gasteiger partial charge in [-0.05, 0) is 43.9 Å². The Morgan fingerprint density at radius 1 is 1.17 bits per heavy atom. The topological polar surface area (TPSA) is 49.3 Å². The number of aryl methyl sites for hydroxylation is 1. The zero-order valence-corrected chi connectivity index (χ0v) is 14.6. The third-order valence-corrected chi connectivity index (χ3v) is 4.58. The van der Waals surface area contributed by atoms with Crippen LogP contribution in [0.3, 0.4) is 0 Å². The number of carbonyl (C=O) groups excluding carboxylic acids is 1. The van der Waals surface area contributed by atoms with Gasteiger partial charge < -0.3 is 9.80 Å². The fourth-order valence-corrected chi connectivity index (χ4v) is 2.95. The minimum absolute atomic E-state index is 0.00936. The van der Waals surface area contributed by atoms with Gasteiger partial charge >= 0.3 is 0 Å². The largest absolute Gasteiger partial charge is 0.337 e. The molecule has 0 saturated carbocycles. The van der Waals surface area contributed by atoms with Crippen molar-refractivity contribution in [1.82, 2.24) is 14.9 Å². The summed E-state index contributed by atoms with van der Waals surface area (Å²) in [5.74, 6) is 1.26. The molecule has 0 unspecified atom stereocenters. The van der Waals surface area contributed by atoms with Crippen molar-refractivity contribution < 1.29 is 4.79 Å². The molecule has 1 aliphatic rings. The zero-order chi connectivity index (χ0) is 17.1. The second-order valence-corrected chi connectivity index (χ2v) is 6.56. The lowest BCUT2D eigenvalue weighted by Crippen LogP contribution is -2.38. The Labute approximate surface area is 143 Å². The minimum Gasteiger partial charge on any atom is -0.337 e. The number of amides is 1. The Bertz CT molecular complexity index is 709. The molecule has 2 heterocycles. The lowest BCUT2D eigenvalue weighted by Gasteiger charge is -2.30. The Morgan fingerprint density at radius 3 is 2.50 bits per heavy atom. The molecule has 1 aliphatic heterocycles. The van der Waals surface area contributed by atoms with Gasteiger partial charge in [-0.15, -0.1) is 0 Å². The summed E-state index contributed by atoms with van der Waals surface area (Å²) >= 11 is 0. The first kappa shape index (κ1) is 16.4. The number of carbonyl (C=O) groups is 1. The summed E-state index contributed by atoms with van der Waals surface area (Å²) in [4.78, 5) is 25.6. The van der Waals surface area contributed by atoms with Crippen LogP contribution in [-0.4, -0.2) is 40.9 Å². The molecule has 1 fully saturated rings. The molecule has 3 rings (SSSR count). The number of nitrogens with zero attached hydrogens (tertiary/aromatic N) is 4. The van der Waals surface area contributed by atoms with Gasteiger partial charge in [0.25, 0.3) is 5.91 Å². The molecule has 1 amide bonds. The van der Waals surface area contributed by atoms with Crippen LogP contribution in [0, 0.1) is 12.8 Å². The zero-order valence-electron chi connectivity index (χ0n) is 14.6. The third kappa shape index (κ3) is 3.55. The highest BCUT2D eigenvalue weighted by Gasteiger charge is 2.23. The molecule has 1 aromatic carbocycles. The van der Waals surface area contributed by atoms with Gasteiger partial charge in [-0.2, -0.15) is 0 Å². The maximum atomic E-state index is 12.8. The van der Waals surface area contributed by atoms with Crippen LogP contribution in [0.15, 0.2) is 36.4 Å². The molecule has 2 aromatic rings. The highest BCUT2D eigenvalue weighted by atomic mass is 16.2. The number of aromatic nitrogens is 2. The van der Waals surface area contributed by atoms with E-state index >= 15 is 0 Å². The normalized spacial score (nSPS) is 15.4. The van der Waals surface area contributed by atoms with E-state index < -0.39 is 0 Å². The van der Waals surface area contributed by atoms with Gasteiger partial charge in [-0.1, -0.05) is 25.1 Å². The van der Waals surface area contributed by atoms with E-state index in [4.69, 9.17) is 0 Å². The van der Waals surface area contributed by atoms with Crippen LogP contribution in [0.1, 0.15) is 35.9 Å². The highest BCUT2D eigenvalue weighted by Crippen LogP contribution is 2.22. The Balaban J connectivity index is 1.85. The predicted octanol–water partition coefficient (Wildman–Crippen LogP) is 3.43. The smallest absolute Gasteiger partial charge is 0.272 e. The monoisotopic (exact) mass is 324 g/mol. The number of likely N-dealkylation sites (tertiary alicyclic amines) is 1. The third-order valence-electron chi connectivity index (χ3n) is 4.58. The van der Waals surface area contributed by atoms with E-state index in [9.17, 15) is 4.79 Å². The maximum Gasteiger partial charge on any atom is 0.272 e. The fourth-order valence-electron chi connectivity index (χ4n) is 2.95. The molecule has 0 aliphatic carbocycles. The summed E-state index contributed by atoms with van der Waals surface area (Å²) in [6, 6.07) is 11.7. The first-order valence-electron chi connectivity index (χ1n) is 8.48. The standard InChI is InChI=1S/C19H24N4O/c1-14-9-11-23(12-10-14)18(24)17-13-15(2)20-19(21-17)22(3)16-7-5-4-6-8-16/h4-8,13-14H,9-12H2,1-3H3. The lowest BCUT2D eigenvalue weighted by atomic mass is 9.99. The van der Waals surface area contributed by atoms with Crippen molar-refractivity contribution in [2.75, 3.05) is 25.0 Å². The van der Waals surface area contributed by atoms with Gasteiger partial charge in [0.15, 0.2) is 0 Å². The van der Waals surface area contributed by atoms with Gasteiger partial charge in [0.1, 0.15) is 5.69 Å². The van der Waals surface area contributed by atoms with Crippen molar-refractivity contribution in [1.29, 1.82) is 0 Å². The molecular formula is C19H24N4O. The van der Waals surface area contributed by atoms with Crippen LogP contribution in [0.5, 0.6) is 0 Å². The number of hydrogen-bond donors (Lipinski definition) is 0. The molecule has 126 valence electrons. The molecule has 1 aromatic heterocycles. The molecule has 0 atom stereocenters. The van der Waals surface area contributed by atoms with E-state index in [1.165, 1.54) is 0 Å². The van der Waals surface area contributed by atoms with Gasteiger partial charge in [0, 0.05) is 31.5 Å². The summed E-state index contributed by atoms with van der Waals surface area (Å²) in [6.07, 6.45) is 2.12. The SMILES string of the molecule is Cc1cc(C(=O)N2CCC(C)CC2)nc(N(C)c2ccccc2)n1. The molecule has 24 heavy (non-hydrogen) atoms. The highest BCUT2D eigenvalue weighted by molar-refractivity contribution is 5.92. The first-order chi connectivity index (χ1) is 11.5. The Hall–Kier alpha value is -2.43. The molecule has 1 saturated heterocycles. The van der Waals surface area contributed by atoms with Crippen LogP contribution >= 0.6 is 0 Å². The second kappa shape index (κ2) is 6.99. The summed E-state index contributed by atoms with van der Waals surface area (Å²) in [5.41, 5.74) is 2.28. The quantitative estimate of drug-likeness (QED) is 0.868. The van der Waals surface area contributed by atoms with E-state index in [1.807, 2.05) is 54.1 Å². The molecule has 5 nitrogen and oxygen atoms in total. The summed E-state index contributed by atoms with van der Waals surface area (Å²) in [7, 11) is 1.92. The van der Waals surface area contributed by atoms with Crippen molar-refractivity contribution in [2.45, 2.75) is 26.7 Å². The fraction of sp³-hybridized carbons (Fsp3) is 0.421. The van der Waals surface area contributed by atoms with Crippen LogP contribution in [0.2, 0.25) is 0 Å². The summed E-state index contributed by atoms with van der Waals surface area (Å²) in [6.45, 7) is 5.77. The van der Waals surface area contributed by atoms with Crippen LogP contribution in [0.25, 0.3) is 0 Å². The van der Waals surface area contributed by atoms with E-state index in [-0.39, 0.29) is 5.91 Å². The van der Waals surface area contributed by atoms with E-state index in [0.717, 1.165) is 37.3 Å². The van der Waals surface area contributed by atoms with Crippen molar-refractivity contribution in [2.24, 2.45) is 5.92 Å². The second-order valence-electron chi connectivity index (χ2n) is 6.56. The van der Waals surface area contributed by atoms with Gasteiger partial charge in [-0.25, -0.2) is 9.97 Å². The number of anilines is 2. The number of para-hydroxylation sites is 1. The van der Waals surface area contributed by atoms with Crippen molar-refractivity contribution in [3.63, 3.8) is 0 Å². The number of rotatable bonds is 3. The maximum absolute atomic E-state index is 12.8. The van der Waals surface area contributed by atoms with Crippen LogP contribution < -0.4 is 4.90 Å².